The van der Waals surface area contributed by atoms with Gasteiger partial charge in [0.25, 0.3) is 0 Å². The summed E-state index contributed by atoms with van der Waals surface area (Å²) in [5.41, 5.74) is 3.05. The number of rotatable bonds is 7. The minimum atomic E-state index is -1.31. The van der Waals surface area contributed by atoms with Crippen LogP contribution in [0.25, 0.3) is 0 Å². The number of carboxylic acids is 1. The summed E-state index contributed by atoms with van der Waals surface area (Å²) < 4.78 is 5.02. The Morgan fingerprint density at radius 1 is 1.07 bits per heavy atom. The second kappa shape index (κ2) is 9.59. The monoisotopic (exact) mass is 397 g/mol. The molecule has 0 saturated heterocycles. The van der Waals surface area contributed by atoms with Crippen LogP contribution in [0, 0.1) is 0 Å². The zero-order valence-electron chi connectivity index (χ0n) is 15.8. The third-order valence-corrected chi connectivity index (χ3v) is 4.71. The van der Waals surface area contributed by atoms with Gasteiger partial charge in [0.2, 0.25) is 0 Å². The van der Waals surface area contributed by atoms with Gasteiger partial charge in [0, 0.05) is 0 Å². The van der Waals surface area contributed by atoms with Gasteiger partial charge in [0.15, 0.2) is 0 Å². The lowest BCUT2D eigenvalue weighted by atomic mass is 10.1. The molecule has 1 aliphatic rings. The number of amides is 3. The van der Waals surface area contributed by atoms with Crippen LogP contribution >= 0.6 is 0 Å². The fraction of sp³-hybridized carbons (Fsp3) is 0.286. The van der Waals surface area contributed by atoms with E-state index in [0.29, 0.717) is 0 Å². The van der Waals surface area contributed by atoms with Crippen LogP contribution in [0.2, 0.25) is 0 Å². The normalized spacial score (nSPS) is 15.7. The van der Waals surface area contributed by atoms with E-state index >= 15 is 0 Å². The van der Waals surface area contributed by atoms with Gasteiger partial charge in [-0.1, -0.05) is 54.6 Å². The third-order valence-electron chi connectivity index (χ3n) is 4.71. The van der Waals surface area contributed by atoms with E-state index in [0.717, 1.165) is 24.0 Å². The number of benzene rings is 2. The van der Waals surface area contributed by atoms with E-state index in [-0.39, 0.29) is 19.2 Å². The molecule has 29 heavy (non-hydrogen) atoms. The highest BCUT2D eigenvalue weighted by atomic mass is 16.5. The quantitative estimate of drug-likeness (QED) is 0.572. The van der Waals surface area contributed by atoms with Crippen molar-refractivity contribution in [3.8, 4) is 0 Å². The van der Waals surface area contributed by atoms with Gasteiger partial charge in [-0.3, -0.25) is 0 Å². The van der Waals surface area contributed by atoms with E-state index in [1.165, 1.54) is 5.56 Å². The molecule has 2 aromatic rings. The second-order valence-corrected chi connectivity index (χ2v) is 6.74. The zero-order valence-corrected chi connectivity index (χ0v) is 15.8. The molecule has 3 rings (SSSR count). The first kappa shape index (κ1) is 20.2. The van der Waals surface area contributed by atoms with Crippen molar-refractivity contribution in [1.82, 2.24) is 16.0 Å². The molecule has 1 aliphatic carbocycles. The average molecular weight is 397 g/mol. The van der Waals surface area contributed by atoms with E-state index in [1.807, 2.05) is 42.5 Å². The second-order valence-electron chi connectivity index (χ2n) is 6.74. The lowest BCUT2D eigenvalue weighted by Gasteiger charge is -2.18. The summed E-state index contributed by atoms with van der Waals surface area (Å²) in [4.78, 5) is 35.4. The number of carbonyl (C=O) groups is 3. The minimum absolute atomic E-state index is 0.0218. The molecule has 0 fully saturated rings. The third kappa shape index (κ3) is 5.71. The number of aryl methyl sites for hydroxylation is 1. The molecule has 0 heterocycles. The molecule has 0 saturated carbocycles. The first-order chi connectivity index (χ1) is 14.0. The number of carbonyl (C=O) groups excluding carboxylic acids is 2. The lowest BCUT2D eigenvalue weighted by Crippen LogP contribution is -2.50. The van der Waals surface area contributed by atoms with Gasteiger partial charge in [-0.05, 0) is 29.5 Å². The van der Waals surface area contributed by atoms with E-state index in [4.69, 9.17) is 4.74 Å². The number of hydrogen-bond donors (Lipinski definition) is 4. The first-order valence-corrected chi connectivity index (χ1v) is 9.35. The zero-order chi connectivity index (χ0) is 20.6. The minimum Gasteiger partial charge on any atom is -0.480 e. The smallest absolute Gasteiger partial charge is 0.408 e. The Hall–Kier alpha value is -3.55. The first-order valence-electron chi connectivity index (χ1n) is 9.35. The highest BCUT2D eigenvalue weighted by molar-refractivity contribution is 5.81. The van der Waals surface area contributed by atoms with Crippen molar-refractivity contribution in [3.63, 3.8) is 0 Å². The summed E-state index contributed by atoms with van der Waals surface area (Å²) in [6.07, 6.45) is 0.806. The molecule has 4 N–H and O–H groups in total. The van der Waals surface area contributed by atoms with Gasteiger partial charge in [-0.15, -0.1) is 0 Å². The topological polar surface area (TPSA) is 117 Å². The molecule has 8 nitrogen and oxygen atoms in total. The number of ether oxygens (including phenoxy) is 1. The molecule has 0 radical (unpaired) electrons. The van der Waals surface area contributed by atoms with Gasteiger partial charge in [-0.25, -0.2) is 14.4 Å². The molecule has 0 bridgehead atoms. The van der Waals surface area contributed by atoms with Crippen LogP contribution in [0.5, 0.6) is 0 Å². The SMILES string of the molecule is O=C(NCC(NC(=O)OCc1ccccc1)C(=O)O)N[C@@H]1CCc2ccccc21. The van der Waals surface area contributed by atoms with Gasteiger partial charge >= 0.3 is 18.1 Å². The maximum absolute atomic E-state index is 12.2. The number of carboxylic acid groups (broad SMARTS) is 1. The van der Waals surface area contributed by atoms with Crippen molar-refractivity contribution in [2.75, 3.05) is 6.54 Å². The summed E-state index contributed by atoms with van der Waals surface area (Å²) in [7, 11) is 0. The fourth-order valence-corrected chi connectivity index (χ4v) is 3.22. The lowest BCUT2D eigenvalue weighted by molar-refractivity contribution is -0.139. The van der Waals surface area contributed by atoms with Crippen molar-refractivity contribution < 1.29 is 24.2 Å². The van der Waals surface area contributed by atoms with Crippen LogP contribution < -0.4 is 16.0 Å². The molecule has 2 atom stereocenters. The molecular weight excluding hydrogens is 374 g/mol. The Balaban J connectivity index is 1.45. The standard InChI is InChI=1S/C21H23N3O5/c25-19(26)18(24-21(28)29-13-14-6-2-1-3-7-14)12-22-20(27)23-17-11-10-15-8-4-5-9-16(15)17/h1-9,17-18H,10-13H2,(H,24,28)(H,25,26)(H2,22,23,27)/t17-,18?/m1/s1. The van der Waals surface area contributed by atoms with Crippen molar-refractivity contribution in [2.24, 2.45) is 0 Å². The number of aliphatic carboxylic acids is 1. The number of nitrogens with one attached hydrogen (secondary N) is 3. The van der Waals surface area contributed by atoms with Crippen LogP contribution in [0.3, 0.4) is 0 Å². The van der Waals surface area contributed by atoms with E-state index in [1.54, 1.807) is 12.1 Å². The Bertz CT molecular complexity index is 872. The maximum atomic E-state index is 12.2. The predicted octanol–water partition coefficient (Wildman–Crippen LogP) is 2.35. The summed E-state index contributed by atoms with van der Waals surface area (Å²) >= 11 is 0. The van der Waals surface area contributed by atoms with Crippen LogP contribution in [0.15, 0.2) is 54.6 Å². The van der Waals surface area contributed by atoms with Crippen LogP contribution in [-0.4, -0.2) is 35.8 Å². The largest absolute Gasteiger partial charge is 0.480 e. The molecule has 0 aromatic heterocycles. The van der Waals surface area contributed by atoms with Crippen molar-refractivity contribution in [1.29, 1.82) is 0 Å². The fourth-order valence-electron chi connectivity index (χ4n) is 3.22. The molecule has 8 heteroatoms. The number of alkyl carbamates (subject to hydrolysis) is 1. The van der Waals surface area contributed by atoms with Crippen LogP contribution in [-0.2, 0) is 22.6 Å². The molecule has 1 unspecified atom stereocenters. The number of fused-ring (bicyclic) bond motifs is 1. The van der Waals surface area contributed by atoms with Gasteiger partial charge in [0.05, 0.1) is 12.6 Å². The Labute approximate surface area is 168 Å². The Kier molecular flexibility index (Phi) is 6.67. The molecule has 0 aliphatic heterocycles. The summed E-state index contributed by atoms with van der Waals surface area (Å²) in [6, 6.07) is 15.0. The highest BCUT2D eigenvalue weighted by Gasteiger charge is 2.25. The van der Waals surface area contributed by atoms with Crippen LogP contribution in [0.1, 0.15) is 29.2 Å². The van der Waals surface area contributed by atoms with Crippen molar-refractivity contribution in [3.05, 3.63) is 71.3 Å². The summed E-state index contributed by atoms with van der Waals surface area (Å²) in [5, 5.41) is 16.9. The molecular formula is C21H23N3O5. The average Bonchev–Trinajstić information content (AvgIpc) is 3.13. The van der Waals surface area contributed by atoms with E-state index in [2.05, 4.69) is 16.0 Å². The molecule has 0 spiro atoms. The Morgan fingerprint density at radius 3 is 2.55 bits per heavy atom. The van der Waals surface area contributed by atoms with Gasteiger partial charge in [-0.2, -0.15) is 0 Å². The highest BCUT2D eigenvalue weighted by Crippen LogP contribution is 2.30. The maximum Gasteiger partial charge on any atom is 0.408 e. The van der Waals surface area contributed by atoms with Crippen LogP contribution in [0.4, 0.5) is 9.59 Å². The number of urea groups is 1. The molecule has 152 valence electrons. The summed E-state index contributed by atoms with van der Waals surface area (Å²) in [6.45, 7) is -0.246. The predicted molar refractivity (Wildman–Crippen MR) is 105 cm³/mol. The van der Waals surface area contributed by atoms with Gasteiger partial charge < -0.3 is 25.8 Å². The van der Waals surface area contributed by atoms with E-state index in [9.17, 15) is 19.5 Å². The van der Waals surface area contributed by atoms with E-state index < -0.39 is 24.1 Å². The number of hydrogen-bond acceptors (Lipinski definition) is 4. The van der Waals surface area contributed by atoms with Crippen molar-refractivity contribution >= 4 is 18.1 Å². The van der Waals surface area contributed by atoms with Gasteiger partial charge in [0.1, 0.15) is 12.6 Å². The van der Waals surface area contributed by atoms with Crippen molar-refractivity contribution in [2.45, 2.75) is 31.5 Å². The summed E-state index contributed by atoms with van der Waals surface area (Å²) in [5.74, 6) is -1.27. The molecule has 2 aromatic carbocycles. The Morgan fingerprint density at radius 2 is 1.79 bits per heavy atom. The molecule has 3 amide bonds.